The molecule has 1 atom stereocenters. The third kappa shape index (κ3) is 5.41. The van der Waals surface area contributed by atoms with Gasteiger partial charge in [0.1, 0.15) is 5.82 Å². The van der Waals surface area contributed by atoms with Crippen molar-refractivity contribution in [3.05, 3.63) is 65.5 Å². The van der Waals surface area contributed by atoms with Crippen LogP contribution >= 0.6 is 0 Å². The molecule has 3 rings (SSSR count). The highest BCUT2D eigenvalue weighted by molar-refractivity contribution is 7.88. The predicted molar refractivity (Wildman–Crippen MR) is 111 cm³/mol. The lowest BCUT2D eigenvalue weighted by Gasteiger charge is -2.36. The van der Waals surface area contributed by atoms with Gasteiger partial charge >= 0.3 is 0 Å². The molecule has 0 aliphatic carbocycles. The van der Waals surface area contributed by atoms with Crippen molar-refractivity contribution in [1.82, 2.24) is 9.21 Å². The molecule has 1 aliphatic rings. The van der Waals surface area contributed by atoms with Crippen LogP contribution in [0.15, 0.2) is 48.5 Å². The van der Waals surface area contributed by atoms with Gasteiger partial charge < -0.3 is 5.32 Å². The van der Waals surface area contributed by atoms with Crippen LogP contribution in [0, 0.1) is 12.7 Å². The van der Waals surface area contributed by atoms with Crippen molar-refractivity contribution in [3.8, 4) is 0 Å². The summed E-state index contributed by atoms with van der Waals surface area (Å²) in [6, 6.07) is 13.2. The van der Waals surface area contributed by atoms with Gasteiger partial charge in [-0.1, -0.05) is 36.4 Å². The number of carbonyl (C=O) groups is 1. The van der Waals surface area contributed by atoms with Gasteiger partial charge in [-0.2, -0.15) is 4.31 Å². The fourth-order valence-corrected chi connectivity index (χ4v) is 4.84. The van der Waals surface area contributed by atoms with Crippen LogP contribution in [-0.2, 0) is 20.6 Å². The molecule has 0 bridgehead atoms. The van der Waals surface area contributed by atoms with Gasteiger partial charge in [-0.15, -0.1) is 0 Å². The van der Waals surface area contributed by atoms with E-state index in [4.69, 9.17) is 0 Å². The number of anilines is 1. The molecule has 0 spiro atoms. The number of hydrogen-bond donors (Lipinski definition) is 1. The van der Waals surface area contributed by atoms with Crippen molar-refractivity contribution < 1.29 is 17.6 Å². The van der Waals surface area contributed by atoms with Crippen LogP contribution in [0.1, 0.15) is 18.1 Å². The molecular formula is C21H26FN3O3S. The molecule has 1 amide bonds. The normalized spacial score (nSPS) is 17.1. The van der Waals surface area contributed by atoms with Crippen LogP contribution in [0.5, 0.6) is 0 Å². The molecule has 29 heavy (non-hydrogen) atoms. The lowest BCUT2D eigenvalue weighted by atomic mass is 10.2. The number of halogens is 1. The summed E-state index contributed by atoms with van der Waals surface area (Å²) in [6.07, 6.45) is 0. The zero-order chi connectivity index (χ0) is 21.0. The molecule has 2 aromatic rings. The highest BCUT2D eigenvalue weighted by Crippen LogP contribution is 2.17. The number of nitrogens with one attached hydrogen (secondary N) is 1. The highest BCUT2D eigenvalue weighted by atomic mass is 32.2. The second-order valence-electron chi connectivity index (χ2n) is 7.31. The van der Waals surface area contributed by atoms with E-state index in [0.717, 1.165) is 5.56 Å². The molecule has 0 saturated carbocycles. The van der Waals surface area contributed by atoms with Crippen molar-refractivity contribution >= 4 is 21.6 Å². The Bertz CT molecular complexity index is 958. The Morgan fingerprint density at radius 1 is 1.10 bits per heavy atom. The topological polar surface area (TPSA) is 69.7 Å². The van der Waals surface area contributed by atoms with Crippen molar-refractivity contribution in [3.63, 3.8) is 0 Å². The van der Waals surface area contributed by atoms with Crippen LogP contribution in [0.3, 0.4) is 0 Å². The summed E-state index contributed by atoms with van der Waals surface area (Å²) in [7, 11) is -3.40. The number of piperazine rings is 1. The number of carbonyl (C=O) groups excluding carboxylic acids is 1. The van der Waals surface area contributed by atoms with Crippen molar-refractivity contribution in [2.24, 2.45) is 0 Å². The van der Waals surface area contributed by atoms with E-state index in [9.17, 15) is 17.6 Å². The zero-order valence-electron chi connectivity index (χ0n) is 16.6. The van der Waals surface area contributed by atoms with Gasteiger partial charge in [0.25, 0.3) is 0 Å². The fraction of sp³-hybridized carbons (Fsp3) is 0.381. The molecular weight excluding hydrogens is 393 g/mol. The van der Waals surface area contributed by atoms with Crippen molar-refractivity contribution in [2.75, 3.05) is 31.5 Å². The van der Waals surface area contributed by atoms with Crippen LogP contribution in [-0.4, -0.2) is 55.8 Å². The minimum absolute atomic E-state index is 0.0249. The SMILES string of the molecule is Cc1ccc(NC(=O)[C@@H](C)N2CCN(S(=O)(=O)Cc3ccccc3)CC2)cc1F. The van der Waals surface area contributed by atoms with Crippen molar-refractivity contribution in [2.45, 2.75) is 25.6 Å². The maximum Gasteiger partial charge on any atom is 0.241 e. The molecule has 2 aromatic carbocycles. The van der Waals surface area contributed by atoms with Crippen LogP contribution < -0.4 is 5.32 Å². The Morgan fingerprint density at radius 3 is 2.38 bits per heavy atom. The first kappa shape index (κ1) is 21.4. The van der Waals surface area contributed by atoms with Crippen LogP contribution in [0.4, 0.5) is 10.1 Å². The monoisotopic (exact) mass is 419 g/mol. The second kappa shape index (κ2) is 9.02. The number of sulfonamides is 1. The molecule has 1 aliphatic heterocycles. The summed E-state index contributed by atoms with van der Waals surface area (Å²) in [5.41, 5.74) is 1.69. The number of aryl methyl sites for hydroxylation is 1. The predicted octanol–water partition coefficient (Wildman–Crippen LogP) is 2.61. The van der Waals surface area contributed by atoms with E-state index in [2.05, 4.69) is 5.32 Å². The summed E-state index contributed by atoms with van der Waals surface area (Å²) in [5, 5.41) is 2.73. The Hall–Kier alpha value is -2.29. The first-order valence-electron chi connectivity index (χ1n) is 9.59. The molecule has 1 fully saturated rings. The summed E-state index contributed by atoms with van der Waals surface area (Å²) in [6.45, 7) is 5.04. The van der Waals surface area contributed by atoms with Gasteiger partial charge in [0.05, 0.1) is 11.8 Å². The number of nitrogens with zero attached hydrogens (tertiary/aromatic N) is 2. The molecule has 1 heterocycles. The van der Waals surface area contributed by atoms with Crippen molar-refractivity contribution in [1.29, 1.82) is 0 Å². The average molecular weight is 420 g/mol. The fourth-order valence-electron chi connectivity index (χ4n) is 3.33. The maximum absolute atomic E-state index is 13.7. The Labute approximate surface area is 171 Å². The molecule has 0 aromatic heterocycles. The van der Waals surface area contributed by atoms with E-state index in [1.165, 1.54) is 10.4 Å². The van der Waals surface area contributed by atoms with E-state index >= 15 is 0 Å². The van der Waals surface area contributed by atoms with Crippen LogP contribution in [0.2, 0.25) is 0 Å². The zero-order valence-corrected chi connectivity index (χ0v) is 17.5. The quantitative estimate of drug-likeness (QED) is 0.782. The molecule has 0 radical (unpaired) electrons. The Balaban J connectivity index is 1.55. The highest BCUT2D eigenvalue weighted by Gasteiger charge is 2.31. The van der Waals surface area contributed by atoms with Gasteiger partial charge in [0, 0.05) is 31.9 Å². The standard InChI is InChI=1S/C21H26FN3O3S/c1-16-8-9-19(14-20(16)22)23-21(26)17(2)24-10-12-25(13-11-24)29(27,28)15-18-6-4-3-5-7-18/h3-9,14,17H,10-13,15H2,1-2H3,(H,23,26)/t17-/m1/s1. The first-order valence-corrected chi connectivity index (χ1v) is 11.2. The second-order valence-corrected chi connectivity index (χ2v) is 9.27. The largest absolute Gasteiger partial charge is 0.325 e. The van der Waals surface area contributed by atoms with Gasteiger partial charge in [0.2, 0.25) is 15.9 Å². The Morgan fingerprint density at radius 2 is 1.76 bits per heavy atom. The smallest absolute Gasteiger partial charge is 0.241 e. The van der Waals surface area contributed by atoms with Crippen LogP contribution in [0.25, 0.3) is 0 Å². The van der Waals surface area contributed by atoms with E-state index in [-0.39, 0.29) is 17.5 Å². The lowest BCUT2D eigenvalue weighted by molar-refractivity contribution is -0.121. The molecule has 1 N–H and O–H groups in total. The van der Waals surface area contributed by atoms with E-state index in [1.807, 2.05) is 23.1 Å². The summed E-state index contributed by atoms with van der Waals surface area (Å²) >= 11 is 0. The average Bonchev–Trinajstić information content (AvgIpc) is 2.70. The van der Waals surface area contributed by atoms with Gasteiger partial charge in [-0.25, -0.2) is 12.8 Å². The number of hydrogen-bond acceptors (Lipinski definition) is 4. The van der Waals surface area contributed by atoms with Gasteiger partial charge in [-0.3, -0.25) is 9.69 Å². The van der Waals surface area contributed by atoms with E-state index < -0.39 is 16.1 Å². The number of amides is 1. The number of benzene rings is 2. The minimum atomic E-state index is -3.40. The maximum atomic E-state index is 13.7. The molecule has 156 valence electrons. The third-order valence-electron chi connectivity index (χ3n) is 5.23. The third-order valence-corrected chi connectivity index (χ3v) is 7.08. The van der Waals surface area contributed by atoms with E-state index in [0.29, 0.717) is 37.4 Å². The molecule has 0 unspecified atom stereocenters. The molecule has 8 heteroatoms. The molecule has 1 saturated heterocycles. The summed E-state index contributed by atoms with van der Waals surface area (Å²) < 4.78 is 40.5. The first-order chi connectivity index (χ1) is 13.8. The summed E-state index contributed by atoms with van der Waals surface area (Å²) in [5.74, 6) is -0.635. The Kier molecular flexibility index (Phi) is 6.66. The minimum Gasteiger partial charge on any atom is -0.325 e. The lowest BCUT2D eigenvalue weighted by Crippen LogP contribution is -2.54. The van der Waals surface area contributed by atoms with Gasteiger partial charge in [0.15, 0.2) is 0 Å². The summed E-state index contributed by atoms with van der Waals surface area (Å²) in [4.78, 5) is 14.5. The van der Waals surface area contributed by atoms with E-state index in [1.54, 1.807) is 38.1 Å². The van der Waals surface area contributed by atoms with Gasteiger partial charge in [-0.05, 0) is 37.1 Å². The molecule has 6 nitrogen and oxygen atoms in total. The number of rotatable bonds is 6.